The number of amides is 4. The lowest BCUT2D eigenvalue weighted by molar-refractivity contribution is -0.153. The van der Waals surface area contributed by atoms with Gasteiger partial charge < -0.3 is 9.64 Å². The smallest absolute Gasteiger partial charge is 0.328 e. The number of morpholine rings is 1. The van der Waals surface area contributed by atoms with Crippen molar-refractivity contribution in [3.05, 3.63) is 29.3 Å². The summed E-state index contributed by atoms with van der Waals surface area (Å²) >= 11 is 0. The summed E-state index contributed by atoms with van der Waals surface area (Å²) < 4.78 is 5.93. The van der Waals surface area contributed by atoms with E-state index < -0.39 is 35.4 Å². The molecule has 2 fully saturated rings. The van der Waals surface area contributed by atoms with Crippen molar-refractivity contribution in [3.8, 4) is 6.07 Å². The first kappa shape index (κ1) is 16.5. The topological polar surface area (TPSA) is 112 Å². The molecule has 1 spiro atoms. The van der Waals surface area contributed by atoms with Crippen molar-refractivity contribution in [1.29, 1.82) is 5.26 Å². The summed E-state index contributed by atoms with van der Waals surface area (Å²) in [5, 5.41) is 13.7. The summed E-state index contributed by atoms with van der Waals surface area (Å²) in [4.78, 5) is 39.4. The predicted octanol–water partition coefficient (Wildman–Crippen LogP) is 0.449. The highest BCUT2D eigenvalue weighted by molar-refractivity contribution is 6.20. The van der Waals surface area contributed by atoms with Gasteiger partial charge in [-0.3, -0.25) is 20.2 Å². The van der Waals surface area contributed by atoms with Crippen LogP contribution in [0.5, 0.6) is 0 Å². The van der Waals surface area contributed by atoms with Gasteiger partial charge in [-0.1, -0.05) is 0 Å². The van der Waals surface area contributed by atoms with Gasteiger partial charge in [-0.05, 0) is 44.0 Å². The molecule has 4 rings (SSSR count). The quantitative estimate of drug-likeness (QED) is 0.654. The molecule has 0 saturated carbocycles. The molecule has 0 aliphatic carbocycles. The Bertz CT molecular complexity index is 854. The van der Waals surface area contributed by atoms with E-state index in [1.165, 1.54) is 0 Å². The number of anilines is 1. The number of ether oxygens (including phenoxy) is 1. The monoisotopic (exact) mass is 354 g/mol. The first-order valence-electron chi connectivity index (χ1n) is 8.49. The highest BCUT2D eigenvalue weighted by atomic mass is 16.5. The summed E-state index contributed by atoms with van der Waals surface area (Å²) in [5.74, 6) is -1.25. The number of benzene rings is 1. The number of hydrogen-bond donors (Lipinski definition) is 2. The molecular formula is C18H18N4O4. The fraction of sp³-hybridized carbons (Fsp3) is 0.444. The molecule has 4 amide bonds. The van der Waals surface area contributed by atoms with Crippen LogP contribution < -0.4 is 15.5 Å². The molecule has 3 heterocycles. The number of barbiturate groups is 1. The molecule has 3 aliphatic rings. The Balaban J connectivity index is 1.92. The van der Waals surface area contributed by atoms with Crippen molar-refractivity contribution in [3.63, 3.8) is 0 Å². The summed E-state index contributed by atoms with van der Waals surface area (Å²) in [5.41, 5.74) is 0.592. The van der Waals surface area contributed by atoms with Crippen LogP contribution in [0.4, 0.5) is 10.5 Å². The van der Waals surface area contributed by atoms with E-state index in [4.69, 9.17) is 4.74 Å². The Morgan fingerprint density at radius 3 is 2.58 bits per heavy atom. The van der Waals surface area contributed by atoms with Gasteiger partial charge in [-0.2, -0.15) is 5.26 Å². The van der Waals surface area contributed by atoms with E-state index in [-0.39, 0.29) is 12.5 Å². The maximum Gasteiger partial charge on any atom is 0.328 e. The molecule has 1 aromatic carbocycles. The van der Waals surface area contributed by atoms with Crippen molar-refractivity contribution < 1.29 is 19.1 Å². The van der Waals surface area contributed by atoms with E-state index in [9.17, 15) is 19.6 Å². The minimum atomic E-state index is -1.49. The number of nitrogens with zero attached hydrogens (tertiary/aromatic N) is 2. The second-order valence-electron chi connectivity index (χ2n) is 7.09. The number of nitrogens with one attached hydrogen (secondary N) is 2. The summed E-state index contributed by atoms with van der Waals surface area (Å²) in [7, 11) is 0. The molecule has 2 N–H and O–H groups in total. The van der Waals surface area contributed by atoms with Crippen LogP contribution in [0.3, 0.4) is 0 Å². The Kier molecular flexibility index (Phi) is 3.53. The van der Waals surface area contributed by atoms with E-state index >= 15 is 0 Å². The van der Waals surface area contributed by atoms with Gasteiger partial charge in [0.1, 0.15) is 0 Å². The van der Waals surface area contributed by atoms with Crippen molar-refractivity contribution in [2.75, 3.05) is 11.4 Å². The average Bonchev–Trinajstić information content (AvgIpc) is 2.58. The van der Waals surface area contributed by atoms with Gasteiger partial charge in [0.2, 0.25) is 11.8 Å². The Hall–Kier alpha value is -2.92. The molecular weight excluding hydrogens is 336 g/mol. The first-order chi connectivity index (χ1) is 12.4. The van der Waals surface area contributed by atoms with Gasteiger partial charge in [0.05, 0.1) is 29.9 Å². The molecule has 0 radical (unpaired) electrons. The average molecular weight is 354 g/mol. The minimum absolute atomic E-state index is 0.0868. The molecule has 8 nitrogen and oxygen atoms in total. The lowest BCUT2D eigenvalue weighted by atomic mass is 9.66. The fourth-order valence-electron chi connectivity index (χ4n) is 4.52. The molecule has 134 valence electrons. The van der Waals surface area contributed by atoms with Crippen LogP contribution in [0.15, 0.2) is 18.2 Å². The maximum atomic E-state index is 12.9. The van der Waals surface area contributed by atoms with Crippen molar-refractivity contribution in [1.82, 2.24) is 10.6 Å². The van der Waals surface area contributed by atoms with Gasteiger partial charge in [-0.15, -0.1) is 0 Å². The van der Waals surface area contributed by atoms with Crippen LogP contribution in [-0.4, -0.2) is 42.6 Å². The Morgan fingerprint density at radius 1 is 1.23 bits per heavy atom. The molecule has 3 unspecified atom stereocenters. The third-order valence-corrected chi connectivity index (χ3v) is 5.44. The molecule has 3 aliphatic heterocycles. The van der Waals surface area contributed by atoms with Crippen LogP contribution in [0.2, 0.25) is 0 Å². The molecule has 26 heavy (non-hydrogen) atoms. The summed E-state index contributed by atoms with van der Waals surface area (Å²) in [6.45, 7) is 4.27. The Labute approximate surface area is 150 Å². The van der Waals surface area contributed by atoms with E-state index in [0.717, 1.165) is 11.3 Å². The Morgan fingerprint density at radius 2 is 1.92 bits per heavy atom. The minimum Gasteiger partial charge on any atom is -0.372 e. The zero-order chi connectivity index (χ0) is 18.6. The number of fused-ring (bicyclic) bond motifs is 4. The van der Waals surface area contributed by atoms with Gasteiger partial charge >= 0.3 is 6.03 Å². The van der Waals surface area contributed by atoms with E-state index in [2.05, 4.69) is 16.7 Å². The predicted molar refractivity (Wildman–Crippen MR) is 90.1 cm³/mol. The van der Waals surface area contributed by atoms with Crippen LogP contribution in [0.1, 0.15) is 25.0 Å². The van der Waals surface area contributed by atoms with Crippen LogP contribution >= 0.6 is 0 Å². The van der Waals surface area contributed by atoms with Gasteiger partial charge in [0.15, 0.2) is 5.41 Å². The van der Waals surface area contributed by atoms with Gasteiger partial charge in [-0.25, -0.2) is 4.79 Å². The van der Waals surface area contributed by atoms with Crippen molar-refractivity contribution >= 4 is 23.5 Å². The van der Waals surface area contributed by atoms with Gasteiger partial charge in [0, 0.05) is 12.2 Å². The lowest BCUT2D eigenvalue weighted by Gasteiger charge is -2.55. The second kappa shape index (κ2) is 5.54. The van der Waals surface area contributed by atoms with Crippen molar-refractivity contribution in [2.45, 2.75) is 38.5 Å². The number of nitriles is 1. The number of carbonyl (C=O) groups excluding carboxylic acids is 3. The van der Waals surface area contributed by atoms with Crippen LogP contribution in [0.25, 0.3) is 0 Å². The van der Waals surface area contributed by atoms with E-state index in [1.807, 2.05) is 24.8 Å². The summed E-state index contributed by atoms with van der Waals surface area (Å²) in [6, 6.07) is 6.01. The maximum absolute atomic E-state index is 12.9. The largest absolute Gasteiger partial charge is 0.372 e. The number of hydrogen-bond acceptors (Lipinski definition) is 6. The number of carbonyl (C=O) groups is 3. The van der Waals surface area contributed by atoms with Gasteiger partial charge in [0.25, 0.3) is 0 Å². The normalized spacial score (nSPS) is 29.3. The molecule has 0 bridgehead atoms. The summed E-state index contributed by atoms with van der Waals surface area (Å²) in [6.07, 6.45) is -0.380. The highest BCUT2D eigenvalue weighted by Crippen LogP contribution is 2.46. The standard InChI is InChI=1S/C18H18N4O4/c1-9-8-22-13-4-3-11(7-19)5-12(13)6-18(14(22)10(2)26-9)15(23)20-17(25)21-16(18)24/h3-5,9-10,14H,6,8H2,1-2H3,(H2,20,21,23,24,25). The molecule has 8 heteroatoms. The number of rotatable bonds is 0. The highest BCUT2D eigenvalue weighted by Gasteiger charge is 2.62. The molecule has 2 saturated heterocycles. The number of urea groups is 1. The third kappa shape index (κ3) is 2.14. The molecule has 1 aromatic rings. The second-order valence-corrected chi connectivity index (χ2v) is 7.09. The molecule has 3 atom stereocenters. The van der Waals surface area contributed by atoms with Crippen molar-refractivity contribution in [2.24, 2.45) is 5.41 Å². The first-order valence-corrected chi connectivity index (χ1v) is 8.49. The zero-order valence-corrected chi connectivity index (χ0v) is 14.4. The van der Waals surface area contributed by atoms with E-state index in [0.29, 0.717) is 12.1 Å². The lowest BCUT2D eigenvalue weighted by Crippen LogP contribution is -2.75. The number of imide groups is 2. The van der Waals surface area contributed by atoms with Crippen LogP contribution in [-0.2, 0) is 20.7 Å². The zero-order valence-electron chi connectivity index (χ0n) is 14.4. The van der Waals surface area contributed by atoms with Crippen LogP contribution in [0, 0.1) is 16.7 Å². The molecule has 0 aromatic heterocycles. The third-order valence-electron chi connectivity index (χ3n) is 5.44. The van der Waals surface area contributed by atoms with E-state index in [1.54, 1.807) is 12.1 Å². The SMILES string of the molecule is CC1CN2c3ccc(C#N)cc3CC3(C(=O)NC(=O)NC3=O)C2C(C)O1. The fourth-order valence-corrected chi connectivity index (χ4v) is 4.52.